The minimum Gasteiger partial charge on any atom is -0.440 e. The van der Waals surface area contributed by atoms with Gasteiger partial charge in [0.15, 0.2) is 11.5 Å². The number of hydrogen-bond donors (Lipinski definition) is 1. The number of piperidine rings is 1. The first kappa shape index (κ1) is 21.2. The summed E-state index contributed by atoms with van der Waals surface area (Å²) in [7, 11) is 0. The van der Waals surface area contributed by atoms with Gasteiger partial charge in [0.1, 0.15) is 5.52 Å². The first-order valence-electron chi connectivity index (χ1n) is 10.8. The molecule has 0 radical (unpaired) electrons. The summed E-state index contributed by atoms with van der Waals surface area (Å²) in [5, 5.41) is 9.04. The van der Waals surface area contributed by atoms with Crippen LogP contribution in [0.2, 0.25) is 0 Å². The number of carbonyl (C=O) groups excluding carboxylic acids is 1. The van der Waals surface area contributed by atoms with Crippen LogP contribution < -0.4 is 5.73 Å². The maximum absolute atomic E-state index is 12.3. The third-order valence-corrected chi connectivity index (χ3v) is 7.06. The molecule has 3 heterocycles. The second-order valence-corrected chi connectivity index (χ2v) is 9.28. The lowest BCUT2D eigenvalue weighted by Crippen LogP contribution is -2.42. The van der Waals surface area contributed by atoms with Gasteiger partial charge in [-0.1, -0.05) is 6.42 Å². The van der Waals surface area contributed by atoms with Crippen molar-refractivity contribution in [3.63, 3.8) is 0 Å². The summed E-state index contributed by atoms with van der Waals surface area (Å²) in [5.74, 6) is 3.06. The van der Waals surface area contributed by atoms with Crippen molar-refractivity contribution in [3.05, 3.63) is 29.7 Å². The molecule has 0 aliphatic carbocycles. The van der Waals surface area contributed by atoms with Gasteiger partial charge < -0.3 is 20.0 Å². The monoisotopic (exact) mass is 427 g/mol. The number of thioether (sulfide) groups is 1. The first-order chi connectivity index (χ1) is 14.6. The van der Waals surface area contributed by atoms with Gasteiger partial charge in [-0.05, 0) is 63.5 Å². The second-order valence-electron chi connectivity index (χ2n) is 8.20. The number of benzene rings is 1. The maximum atomic E-state index is 12.3. The minimum absolute atomic E-state index is 0.112. The SMILES string of the molecule is N#Cc1ccc2oc(C3CCN(CCCC[C@H](N)C(=O)N4CCSC4)CC3)nc2c1. The second kappa shape index (κ2) is 9.82. The fraction of sp³-hybridized carbons (Fsp3) is 0.591. The van der Waals surface area contributed by atoms with E-state index in [1.807, 2.05) is 11.0 Å². The quantitative estimate of drug-likeness (QED) is 0.678. The lowest BCUT2D eigenvalue weighted by Gasteiger charge is -2.30. The molecule has 1 atom stereocenters. The molecular weight excluding hydrogens is 398 g/mol. The largest absolute Gasteiger partial charge is 0.440 e. The Balaban J connectivity index is 1.18. The molecule has 4 rings (SSSR count). The molecule has 2 N–H and O–H groups in total. The molecule has 2 saturated heterocycles. The molecule has 0 bridgehead atoms. The van der Waals surface area contributed by atoms with Gasteiger partial charge in [0.25, 0.3) is 0 Å². The summed E-state index contributed by atoms with van der Waals surface area (Å²) in [5.41, 5.74) is 8.23. The molecule has 7 nitrogen and oxygen atoms in total. The number of nitriles is 1. The molecule has 30 heavy (non-hydrogen) atoms. The van der Waals surface area contributed by atoms with Gasteiger partial charge >= 0.3 is 0 Å². The number of likely N-dealkylation sites (tertiary alicyclic amines) is 1. The first-order valence-corrected chi connectivity index (χ1v) is 11.9. The predicted molar refractivity (Wildman–Crippen MR) is 118 cm³/mol. The van der Waals surface area contributed by atoms with E-state index in [9.17, 15) is 4.79 Å². The summed E-state index contributed by atoms with van der Waals surface area (Å²) >= 11 is 1.80. The predicted octanol–water partition coefficient (Wildman–Crippen LogP) is 2.91. The fourth-order valence-corrected chi connectivity index (χ4v) is 5.19. The van der Waals surface area contributed by atoms with Crippen LogP contribution in [-0.2, 0) is 4.79 Å². The van der Waals surface area contributed by atoms with E-state index in [2.05, 4.69) is 16.0 Å². The Bertz CT molecular complexity index is 910. The van der Waals surface area contributed by atoms with E-state index in [4.69, 9.17) is 15.4 Å². The molecular formula is C22H29N5O2S. The van der Waals surface area contributed by atoms with Crippen LogP contribution in [0.3, 0.4) is 0 Å². The molecule has 2 aromatic rings. The van der Waals surface area contributed by atoms with Crippen LogP contribution in [0, 0.1) is 11.3 Å². The Hall–Kier alpha value is -2.08. The molecule has 1 aromatic heterocycles. The van der Waals surface area contributed by atoms with E-state index in [1.165, 1.54) is 0 Å². The van der Waals surface area contributed by atoms with Gasteiger partial charge in [0.05, 0.1) is 23.6 Å². The van der Waals surface area contributed by atoms with E-state index >= 15 is 0 Å². The van der Waals surface area contributed by atoms with Crippen molar-refractivity contribution >= 4 is 28.8 Å². The van der Waals surface area contributed by atoms with Gasteiger partial charge in [-0.25, -0.2) is 4.98 Å². The molecule has 2 fully saturated rings. The molecule has 2 aliphatic rings. The third-order valence-electron chi connectivity index (χ3n) is 6.09. The van der Waals surface area contributed by atoms with Crippen LogP contribution in [0.25, 0.3) is 11.1 Å². The average molecular weight is 428 g/mol. The third kappa shape index (κ3) is 4.97. The highest BCUT2D eigenvalue weighted by molar-refractivity contribution is 7.99. The molecule has 1 aromatic carbocycles. The number of oxazole rings is 1. The van der Waals surface area contributed by atoms with Gasteiger partial charge in [-0.15, -0.1) is 11.8 Å². The van der Waals surface area contributed by atoms with Crippen molar-refractivity contribution in [2.45, 2.75) is 44.1 Å². The molecule has 8 heteroatoms. The van der Waals surface area contributed by atoms with E-state index in [1.54, 1.807) is 23.9 Å². The fourth-order valence-electron chi connectivity index (χ4n) is 4.24. The number of hydrogen-bond acceptors (Lipinski definition) is 7. The summed E-state index contributed by atoms with van der Waals surface area (Å²) < 4.78 is 5.94. The highest BCUT2D eigenvalue weighted by Crippen LogP contribution is 2.30. The lowest BCUT2D eigenvalue weighted by molar-refractivity contribution is -0.131. The summed E-state index contributed by atoms with van der Waals surface area (Å²) in [6.45, 7) is 3.95. The van der Waals surface area contributed by atoms with E-state index in [0.29, 0.717) is 11.5 Å². The molecule has 1 amide bonds. The average Bonchev–Trinajstić information content (AvgIpc) is 3.46. The zero-order valence-electron chi connectivity index (χ0n) is 17.3. The minimum atomic E-state index is -0.352. The van der Waals surface area contributed by atoms with E-state index < -0.39 is 0 Å². The van der Waals surface area contributed by atoms with Crippen molar-refractivity contribution in [3.8, 4) is 6.07 Å². The summed E-state index contributed by atoms with van der Waals surface area (Å²) in [4.78, 5) is 21.3. The van der Waals surface area contributed by atoms with Crippen LogP contribution in [0.15, 0.2) is 22.6 Å². The number of nitrogens with two attached hydrogens (primary N) is 1. The van der Waals surface area contributed by atoms with Crippen LogP contribution in [0.4, 0.5) is 0 Å². The van der Waals surface area contributed by atoms with Crippen molar-refractivity contribution in [2.75, 3.05) is 37.8 Å². The molecule has 160 valence electrons. The van der Waals surface area contributed by atoms with Crippen molar-refractivity contribution in [1.29, 1.82) is 5.26 Å². The van der Waals surface area contributed by atoms with Gasteiger partial charge in [-0.2, -0.15) is 5.26 Å². The van der Waals surface area contributed by atoms with Crippen LogP contribution in [0.1, 0.15) is 49.5 Å². The Morgan fingerprint density at radius 1 is 1.33 bits per heavy atom. The van der Waals surface area contributed by atoms with Crippen molar-refractivity contribution in [1.82, 2.24) is 14.8 Å². The number of unbranched alkanes of at least 4 members (excludes halogenated alkanes) is 1. The van der Waals surface area contributed by atoms with Gasteiger partial charge in [0.2, 0.25) is 5.91 Å². The number of fused-ring (bicyclic) bond motifs is 1. The summed E-state index contributed by atoms with van der Waals surface area (Å²) in [6, 6.07) is 7.18. The Kier molecular flexibility index (Phi) is 6.93. The van der Waals surface area contributed by atoms with Crippen molar-refractivity contribution in [2.24, 2.45) is 5.73 Å². The van der Waals surface area contributed by atoms with Crippen LogP contribution in [0.5, 0.6) is 0 Å². The van der Waals surface area contributed by atoms with Crippen LogP contribution in [-0.4, -0.2) is 64.5 Å². The zero-order valence-corrected chi connectivity index (χ0v) is 18.1. The standard InChI is InChI=1S/C22H29N5O2S/c23-14-16-4-5-20-19(13-16)25-21(29-20)17-6-9-26(10-7-17)8-2-1-3-18(24)22(28)27-11-12-30-15-27/h4-5,13,17-18H,1-3,6-12,15,24H2/t18-/m0/s1. The topological polar surface area (TPSA) is 99.4 Å². The molecule has 0 spiro atoms. The number of rotatable bonds is 7. The molecule has 0 saturated carbocycles. The number of carbonyl (C=O) groups is 1. The van der Waals surface area contributed by atoms with Gasteiger partial charge in [-0.3, -0.25) is 4.79 Å². The Morgan fingerprint density at radius 2 is 2.17 bits per heavy atom. The van der Waals surface area contributed by atoms with E-state index in [0.717, 1.165) is 86.9 Å². The zero-order chi connectivity index (χ0) is 20.9. The number of amides is 1. The Morgan fingerprint density at radius 3 is 2.90 bits per heavy atom. The highest BCUT2D eigenvalue weighted by Gasteiger charge is 2.25. The smallest absolute Gasteiger partial charge is 0.240 e. The molecule has 2 aliphatic heterocycles. The Labute approximate surface area is 181 Å². The summed E-state index contributed by atoms with van der Waals surface area (Å²) in [6.07, 6.45) is 4.88. The van der Waals surface area contributed by atoms with Gasteiger partial charge in [0, 0.05) is 18.2 Å². The van der Waals surface area contributed by atoms with Crippen molar-refractivity contribution < 1.29 is 9.21 Å². The maximum Gasteiger partial charge on any atom is 0.240 e. The van der Waals surface area contributed by atoms with E-state index in [-0.39, 0.29) is 11.9 Å². The molecule has 0 unspecified atom stereocenters. The number of nitrogens with zero attached hydrogens (tertiary/aromatic N) is 4. The lowest BCUT2D eigenvalue weighted by atomic mass is 9.96. The number of aromatic nitrogens is 1. The highest BCUT2D eigenvalue weighted by atomic mass is 32.2. The normalized spacial score (nSPS) is 19.3. The van der Waals surface area contributed by atoms with Crippen LogP contribution >= 0.6 is 11.8 Å².